The SMILES string of the molecule is CCc1ccc(OC(C)c2ccc(C(=O)O)o2)c(Br)c1. The number of carboxylic acids is 1. The van der Waals surface area contributed by atoms with Gasteiger partial charge in [0.1, 0.15) is 11.5 Å². The highest BCUT2D eigenvalue weighted by molar-refractivity contribution is 9.10. The second-order valence-corrected chi connectivity index (χ2v) is 5.24. The van der Waals surface area contributed by atoms with Crippen LogP contribution in [0, 0.1) is 0 Å². The van der Waals surface area contributed by atoms with E-state index >= 15 is 0 Å². The molecule has 4 nitrogen and oxygen atoms in total. The molecule has 0 amide bonds. The molecule has 1 atom stereocenters. The Morgan fingerprint density at radius 3 is 2.70 bits per heavy atom. The molecule has 1 unspecified atom stereocenters. The molecule has 0 spiro atoms. The van der Waals surface area contributed by atoms with Crippen molar-refractivity contribution in [3.05, 3.63) is 51.9 Å². The zero-order valence-electron chi connectivity index (χ0n) is 11.2. The summed E-state index contributed by atoms with van der Waals surface area (Å²) in [4.78, 5) is 10.8. The fourth-order valence-electron chi connectivity index (χ4n) is 1.79. The highest BCUT2D eigenvalue weighted by Gasteiger charge is 2.16. The van der Waals surface area contributed by atoms with Gasteiger partial charge in [-0.15, -0.1) is 0 Å². The third-order valence-corrected chi connectivity index (χ3v) is 3.57. The number of benzene rings is 1. The Bertz CT molecular complexity index is 618. The van der Waals surface area contributed by atoms with Gasteiger partial charge in [-0.2, -0.15) is 0 Å². The summed E-state index contributed by atoms with van der Waals surface area (Å²) >= 11 is 3.47. The molecule has 0 bridgehead atoms. The van der Waals surface area contributed by atoms with Crippen LogP contribution in [0.15, 0.2) is 39.2 Å². The minimum atomic E-state index is -1.09. The predicted octanol–water partition coefficient (Wildman–Crippen LogP) is 4.44. The van der Waals surface area contributed by atoms with E-state index in [4.69, 9.17) is 14.3 Å². The summed E-state index contributed by atoms with van der Waals surface area (Å²) < 4.78 is 11.9. The van der Waals surface area contributed by atoms with E-state index in [0.29, 0.717) is 11.5 Å². The summed E-state index contributed by atoms with van der Waals surface area (Å²) in [7, 11) is 0. The fraction of sp³-hybridized carbons (Fsp3) is 0.267. The van der Waals surface area contributed by atoms with Crippen LogP contribution in [0.3, 0.4) is 0 Å². The number of furan rings is 1. The summed E-state index contributed by atoms with van der Waals surface area (Å²) in [6, 6.07) is 8.93. The molecule has 0 aliphatic rings. The number of aromatic carboxylic acids is 1. The van der Waals surface area contributed by atoms with Crippen LogP contribution in [0.1, 0.15) is 41.8 Å². The third kappa shape index (κ3) is 3.22. The first-order chi connectivity index (χ1) is 9.51. The highest BCUT2D eigenvalue weighted by atomic mass is 79.9. The van der Waals surface area contributed by atoms with E-state index in [1.165, 1.54) is 11.6 Å². The zero-order chi connectivity index (χ0) is 14.7. The lowest BCUT2D eigenvalue weighted by atomic mass is 10.2. The van der Waals surface area contributed by atoms with E-state index in [1.54, 1.807) is 6.07 Å². The van der Waals surface area contributed by atoms with E-state index in [2.05, 4.69) is 22.9 Å². The molecule has 1 N–H and O–H groups in total. The molecular formula is C15H15BrO4. The second kappa shape index (κ2) is 6.13. The summed E-state index contributed by atoms with van der Waals surface area (Å²) in [6.07, 6.45) is 0.584. The van der Waals surface area contributed by atoms with Gasteiger partial charge in [0.15, 0.2) is 6.10 Å². The molecule has 106 valence electrons. The quantitative estimate of drug-likeness (QED) is 0.875. The molecule has 2 rings (SSSR count). The van der Waals surface area contributed by atoms with Gasteiger partial charge >= 0.3 is 5.97 Å². The molecule has 0 radical (unpaired) electrons. The smallest absolute Gasteiger partial charge is 0.371 e. The van der Waals surface area contributed by atoms with E-state index in [9.17, 15) is 4.79 Å². The topological polar surface area (TPSA) is 59.7 Å². The lowest BCUT2D eigenvalue weighted by Crippen LogP contribution is -2.03. The van der Waals surface area contributed by atoms with Crippen LogP contribution in [0.25, 0.3) is 0 Å². The standard InChI is InChI=1S/C15H15BrO4/c1-3-10-4-5-13(11(16)8-10)19-9(2)12-6-7-14(20-12)15(17)18/h4-9H,3H2,1-2H3,(H,17,18). The molecule has 5 heteroatoms. The van der Waals surface area contributed by atoms with Crippen LogP contribution < -0.4 is 4.74 Å². The molecule has 20 heavy (non-hydrogen) atoms. The maximum absolute atomic E-state index is 10.8. The van der Waals surface area contributed by atoms with E-state index in [0.717, 1.165) is 10.9 Å². The number of carbonyl (C=O) groups is 1. The molecular weight excluding hydrogens is 324 g/mol. The molecule has 1 aromatic carbocycles. The molecule has 0 fully saturated rings. The van der Waals surface area contributed by atoms with Crippen molar-refractivity contribution in [3.8, 4) is 5.75 Å². The van der Waals surface area contributed by atoms with E-state index in [1.807, 2.05) is 25.1 Å². The maximum atomic E-state index is 10.8. The Hall–Kier alpha value is -1.75. The predicted molar refractivity (Wildman–Crippen MR) is 78.2 cm³/mol. The lowest BCUT2D eigenvalue weighted by Gasteiger charge is -2.14. The maximum Gasteiger partial charge on any atom is 0.371 e. The van der Waals surface area contributed by atoms with Gasteiger partial charge in [-0.25, -0.2) is 4.79 Å². The average molecular weight is 339 g/mol. The van der Waals surface area contributed by atoms with Crippen molar-refractivity contribution < 1.29 is 19.1 Å². The Balaban J connectivity index is 2.14. The van der Waals surface area contributed by atoms with Crippen molar-refractivity contribution in [2.24, 2.45) is 0 Å². The lowest BCUT2D eigenvalue weighted by molar-refractivity contribution is 0.0655. The Labute approximate surface area is 125 Å². The fourth-order valence-corrected chi connectivity index (χ4v) is 2.31. The number of carboxylic acid groups (broad SMARTS) is 1. The number of aryl methyl sites for hydroxylation is 1. The Morgan fingerprint density at radius 1 is 1.40 bits per heavy atom. The van der Waals surface area contributed by atoms with Crippen molar-refractivity contribution in [2.45, 2.75) is 26.4 Å². The molecule has 0 saturated carbocycles. The summed E-state index contributed by atoms with van der Waals surface area (Å²) in [5, 5.41) is 8.83. The van der Waals surface area contributed by atoms with Crippen molar-refractivity contribution in [2.75, 3.05) is 0 Å². The summed E-state index contributed by atoms with van der Waals surface area (Å²) in [6.45, 7) is 3.89. The van der Waals surface area contributed by atoms with Gasteiger partial charge in [-0.3, -0.25) is 0 Å². The minimum absolute atomic E-state index is 0.0872. The van der Waals surface area contributed by atoms with Crippen LogP contribution in [0.2, 0.25) is 0 Å². The first kappa shape index (κ1) is 14.7. The number of rotatable bonds is 5. The van der Waals surface area contributed by atoms with Crippen molar-refractivity contribution in [3.63, 3.8) is 0 Å². The van der Waals surface area contributed by atoms with Crippen LogP contribution >= 0.6 is 15.9 Å². The molecule has 0 aliphatic carbocycles. The third-order valence-electron chi connectivity index (χ3n) is 2.95. The number of hydrogen-bond acceptors (Lipinski definition) is 3. The molecule has 0 aliphatic heterocycles. The van der Waals surface area contributed by atoms with Crippen LogP contribution in [0.5, 0.6) is 5.75 Å². The highest BCUT2D eigenvalue weighted by Crippen LogP contribution is 2.31. The molecule has 2 aromatic rings. The minimum Gasteiger partial charge on any atom is -0.482 e. The number of hydrogen-bond donors (Lipinski definition) is 1. The Morgan fingerprint density at radius 2 is 2.15 bits per heavy atom. The van der Waals surface area contributed by atoms with Crippen molar-refractivity contribution >= 4 is 21.9 Å². The number of ether oxygens (including phenoxy) is 1. The van der Waals surface area contributed by atoms with Crippen LogP contribution in [-0.4, -0.2) is 11.1 Å². The largest absolute Gasteiger partial charge is 0.482 e. The van der Waals surface area contributed by atoms with Gasteiger partial charge in [-0.1, -0.05) is 13.0 Å². The first-order valence-electron chi connectivity index (χ1n) is 6.29. The van der Waals surface area contributed by atoms with Gasteiger partial charge in [0, 0.05) is 0 Å². The molecule has 0 saturated heterocycles. The second-order valence-electron chi connectivity index (χ2n) is 4.39. The monoisotopic (exact) mass is 338 g/mol. The summed E-state index contributed by atoms with van der Waals surface area (Å²) in [5.74, 6) is 0.00428. The van der Waals surface area contributed by atoms with E-state index in [-0.39, 0.29) is 11.9 Å². The number of halogens is 1. The molecule has 1 heterocycles. The van der Waals surface area contributed by atoms with Crippen molar-refractivity contribution in [1.82, 2.24) is 0 Å². The van der Waals surface area contributed by atoms with E-state index < -0.39 is 5.97 Å². The van der Waals surface area contributed by atoms with Gasteiger partial charge in [0.05, 0.1) is 4.47 Å². The normalized spacial score (nSPS) is 12.2. The summed E-state index contributed by atoms with van der Waals surface area (Å²) in [5.41, 5.74) is 1.21. The van der Waals surface area contributed by atoms with Crippen molar-refractivity contribution in [1.29, 1.82) is 0 Å². The van der Waals surface area contributed by atoms with Gasteiger partial charge in [-0.05, 0) is 59.1 Å². The average Bonchev–Trinajstić information content (AvgIpc) is 2.91. The van der Waals surface area contributed by atoms with Gasteiger partial charge in [0.2, 0.25) is 5.76 Å². The van der Waals surface area contributed by atoms with Crippen LogP contribution in [0.4, 0.5) is 0 Å². The zero-order valence-corrected chi connectivity index (χ0v) is 12.8. The first-order valence-corrected chi connectivity index (χ1v) is 7.08. The van der Waals surface area contributed by atoms with Gasteiger partial charge in [0.25, 0.3) is 0 Å². The van der Waals surface area contributed by atoms with Crippen LogP contribution in [-0.2, 0) is 6.42 Å². The molecule has 1 aromatic heterocycles. The Kier molecular flexibility index (Phi) is 4.49. The van der Waals surface area contributed by atoms with Gasteiger partial charge < -0.3 is 14.3 Å².